The van der Waals surface area contributed by atoms with Gasteiger partial charge in [-0.05, 0) is 37.3 Å². The van der Waals surface area contributed by atoms with Crippen molar-refractivity contribution in [1.29, 1.82) is 0 Å². The third-order valence-electron chi connectivity index (χ3n) is 2.62. The van der Waals surface area contributed by atoms with Crippen LogP contribution < -0.4 is 5.32 Å². The molecule has 0 aliphatic carbocycles. The van der Waals surface area contributed by atoms with Crippen LogP contribution in [0.15, 0.2) is 42.6 Å². The van der Waals surface area contributed by atoms with Gasteiger partial charge in [0.25, 0.3) is 5.91 Å². The van der Waals surface area contributed by atoms with E-state index in [0.717, 1.165) is 17.8 Å². The number of amides is 1. The molecule has 2 aromatic rings. The molecule has 1 aromatic heterocycles. The fourth-order valence-electron chi connectivity index (χ4n) is 1.58. The number of halogens is 3. The Morgan fingerprint density at radius 1 is 1.20 bits per heavy atom. The molecule has 0 radical (unpaired) electrons. The van der Waals surface area contributed by atoms with Crippen molar-refractivity contribution in [2.24, 2.45) is 0 Å². The molecule has 1 aromatic carbocycles. The van der Waals surface area contributed by atoms with E-state index < -0.39 is 17.6 Å². The number of anilines is 1. The molecule has 0 fully saturated rings. The number of hydrogen-bond acceptors (Lipinski definition) is 2. The molecule has 0 aliphatic rings. The van der Waals surface area contributed by atoms with Crippen LogP contribution in [0.4, 0.5) is 18.9 Å². The summed E-state index contributed by atoms with van der Waals surface area (Å²) in [6.45, 7) is 1.77. The molecule has 6 heteroatoms. The van der Waals surface area contributed by atoms with Crippen molar-refractivity contribution < 1.29 is 18.0 Å². The summed E-state index contributed by atoms with van der Waals surface area (Å²) in [7, 11) is 0. The van der Waals surface area contributed by atoms with E-state index in [1.54, 1.807) is 19.1 Å². The minimum atomic E-state index is -4.44. The number of nitrogens with one attached hydrogen (secondary N) is 1. The van der Waals surface area contributed by atoms with Crippen LogP contribution in [0, 0.1) is 6.92 Å². The highest BCUT2D eigenvalue weighted by molar-refractivity contribution is 6.04. The fraction of sp³-hybridized carbons (Fsp3) is 0.143. The number of aromatic nitrogens is 1. The van der Waals surface area contributed by atoms with Gasteiger partial charge in [0.2, 0.25) is 0 Å². The largest absolute Gasteiger partial charge is 0.416 e. The molecular formula is C14H11F3N2O. The molecule has 0 unspecified atom stereocenters. The van der Waals surface area contributed by atoms with Crippen molar-refractivity contribution >= 4 is 11.6 Å². The first-order chi connectivity index (χ1) is 9.36. The van der Waals surface area contributed by atoms with Gasteiger partial charge in [-0.15, -0.1) is 0 Å². The predicted octanol–water partition coefficient (Wildman–Crippen LogP) is 3.66. The van der Waals surface area contributed by atoms with Crippen molar-refractivity contribution in [3.63, 3.8) is 0 Å². The van der Waals surface area contributed by atoms with Gasteiger partial charge in [-0.2, -0.15) is 13.2 Å². The zero-order valence-electron chi connectivity index (χ0n) is 10.5. The lowest BCUT2D eigenvalue weighted by Crippen LogP contribution is -2.13. The summed E-state index contributed by atoms with van der Waals surface area (Å²) in [4.78, 5) is 15.8. The van der Waals surface area contributed by atoms with Crippen LogP contribution >= 0.6 is 0 Å². The number of alkyl halides is 3. The highest BCUT2D eigenvalue weighted by atomic mass is 19.4. The van der Waals surface area contributed by atoms with E-state index in [9.17, 15) is 18.0 Å². The predicted molar refractivity (Wildman–Crippen MR) is 68.4 cm³/mol. The zero-order chi connectivity index (χ0) is 14.8. The number of rotatable bonds is 2. The maximum atomic E-state index is 12.5. The van der Waals surface area contributed by atoms with Crippen LogP contribution in [0.2, 0.25) is 0 Å². The Balaban J connectivity index is 2.18. The van der Waals surface area contributed by atoms with E-state index in [1.807, 2.05) is 0 Å². The minimum absolute atomic E-state index is 0.0883. The quantitative estimate of drug-likeness (QED) is 0.912. The minimum Gasteiger partial charge on any atom is -0.322 e. The molecule has 0 atom stereocenters. The SMILES string of the molecule is Cc1ccc(C(=O)Nc2cccc(C(F)(F)F)c2)cn1. The van der Waals surface area contributed by atoms with E-state index in [4.69, 9.17) is 0 Å². The molecule has 2 rings (SSSR count). The topological polar surface area (TPSA) is 42.0 Å². The highest BCUT2D eigenvalue weighted by Crippen LogP contribution is 2.30. The summed E-state index contributed by atoms with van der Waals surface area (Å²) < 4.78 is 37.6. The first kappa shape index (κ1) is 14.0. The van der Waals surface area contributed by atoms with Gasteiger partial charge in [-0.25, -0.2) is 0 Å². The van der Waals surface area contributed by atoms with Crippen molar-refractivity contribution in [1.82, 2.24) is 4.98 Å². The molecule has 1 heterocycles. The van der Waals surface area contributed by atoms with Crippen LogP contribution in [0.25, 0.3) is 0 Å². The van der Waals surface area contributed by atoms with Crippen LogP contribution in [-0.4, -0.2) is 10.9 Å². The van der Waals surface area contributed by atoms with Gasteiger partial charge < -0.3 is 5.32 Å². The van der Waals surface area contributed by atoms with Gasteiger partial charge in [0.05, 0.1) is 11.1 Å². The van der Waals surface area contributed by atoms with E-state index in [-0.39, 0.29) is 11.3 Å². The fourth-order valence-corrected chi connectivity index (χ4v) is 1.58. The molecule has 0 saturated heterocycles. The average molecular weight is 280 g/mol. The molecule has 1 amide bonds. The normalized spacial score (nSPS) is 11.2. The second-order valence-electron chi connectivity index (χ2n) is 4.22. The number of hydrogen-bond donors (Lipinski definition) is 1. The standard InChI is InChI=1S/C14H11F3N2O/c1-9-5-6-10(8-18-9)13(20)19-12-4-2-3-11(7-12)14(15,16)17/h2-8H,1H3,(H,19,20). The monoisotopic (exact) mass is 280 g/mol. The van der Waals surface area contributed by atoms with Gasteiger partial charge in [0.15, 0.2) is 0 Å². The Kier molecular flexibility index (Phi) is 3.74. The molecule has 0 aliphatic heterocycles. The third-order valence-corrected chi connectivity index (χ3v) is 2.62. The lowest BCUT2D eigenvalue weighted by molar-refractivity contribution is -0.137. The Morgan fingerprint density at radius 3 is 2.55 bits per heavy atom. The molecule has 104 valence electrons. The Labute approximate surface area is 113 Å². The van der Waals surface area contributed by atoms with E-state index in [1.165, 1.54) is 18.3 Å². The van der Waals surface area contributed by atoms with Crippen LogP contribution in [0.3, 0.4) is 0 Å². The lowest BCUT2D eigenvalue weighted by Gasteiger charge is -2.09. The Morgan fingerprint density at radius 2 is 1.95 bits per heavy atom. The zero-order valence-corrected chi connectivity index (χ0v) is 10.5. The number of carbonyl (C=O) groups excluding carboxylic acids is 1. The number of carbonyl (C=O) groups is 1. The maximum absolute atomic E-state index is 12.5. The van der Waals surface area contributed by atoms with Gasteiger partial charge in [0, 0.05) is 17.6 Å². The number of pyridine rings is 1. The summed E-state index contributed by atoms with van der Waals surface area (Å²) in [6, 6.07) is 7.69. The number of benzene rings is 1. The summed E-state index contributed by atoms with van der Waals surface area (Å²) >= 11 is 0. The van der Waals surface area contributed by atoms with Gasteiger partial charge in [-0.3, -0.25) is 9.78 Å². The van der Waals surface area contributed by atoms with E-state index in [0.29, 0.717) is 0 Å². The van der Waals surface area contributed by atoms with Crippen molar-refractivity contribution in [2.45, 2.75) is 13.1 Å². The smallest absolute Gasteiger partial charge is 0.322 e. The Hall–Kier alpha value is -2.37. The molecule has 1 N–H and O–H groups in total. The summed E-state index contributed by atoms with van der Waals surface area (Å²) in [6.07, 6.45) is -3.07. The second-order valence-corrected chi connectivity index (χ2v) is 4.22. The molecule has 0 spiro atoms. The molecule has 0 saturated carbocycles. The highest BCUT2D eigenvalue weighted by Gasteiger charge is 2.30. The van der Waals surface area contributed by atoms with E-state index in [2.05, 4.69) is 10.3 Å². The third kappa shape index (κ3) is 3.34. The van der Waals surface area contributed by atoms with Gasteiger partial charge >= 0.3 is 6.18 Å². The number of nitrogens with zero attached hydrogens (tertiary/aromatic N) is 1. The summed E-state index contributed by atoms with van der Waals surface area (Å²) in [5.74, 6) is -0.503. The van der Waals surface area contributed by atoms with Crippen molar-refractivity contribution in [3.05, 3.63) is 59.4 Å². The average Bonchev–Trinajstić information content (AvgIpc) is 2.38. The molecule has 20 heavy (non-hydrogen) atoms. The van der Waals surface area contributed by atoms with Crippen LogP contribution in [0.5, 0.6) is 0 Å². The second kappa shape index (κ2) is 5.32. The lowest BCUT2D eigenvalue weighted by atomic mass is 10.2. The van der Waals surface area contributed by atoms with Gasteiger partial charge in [-0.1, -0.05) is 6.07 Å². The molecular weight excluding hydrogens is 269 g/mol. The van der Waals surface area contributed by atoms with Crippen molar-refractivity contribution in [3.8, 4) is 0 Å². The van der Waals surface area contributed by atoms with E-state index >= 15 is 0 Å². The van der Waals surface area contributed by atoms with Crippen LogP contribution in [0.1, 0.15) is 21.6 Å². The van der Waals surface area contributed by atoms with Crippen LogP contribution in [-0.2, 0) is 6.18 Å². The van der Waals surface area contributed by atoms with Gasteiger partial charge in [0.1, 0.15) is 0 Å². The maximum Gasteiger partial charge on any atom is 0.416 e. The first-order valence-electron chi connectivity index (χ1n) is 5.77. The Bertz CT molecular complexity index is 621. The molecule has 0 bridgehead atoms. The number of aryl methyl sites for hydroxylation is 1. The first-order valence-corrected chi connectivity index (χ1v) is 5.77. The van der Waals surface area contributed by atoms with Crippen molar-refractivity contribution in [2.75, 3.05) is 5.32 Å². The molecule has 3 nitrogen and oxygen atoms in total. The summed E-state index contributed by atoms with van der Waals surface area (Å²) in [5, 5.41) is 2.41. The summed E-state index contributed by atoms with van der Waals surface area (Å²) in [5.41, 5.74) is 0.316.